The van der Waals surface area contributed by atoms with Gasteiger partial charge in [-0.05, 0) is 48.7 Å². The molecule has 0 saturated carbocycles. The molecule has 0 fully saturated rings. The zero-order valence-electron chi connectivity index (χ0n) is 11.8. The molecule has 0 atom stereocenters. The minimum absolute atomic E-state index is 0.182. The molecule has 1 aromatic carbocycles. The Morgan fingerprint density at radius 1 is 1.24 bits per heavy atom. The summed E-state index contributed by atoms with van der Waals surface area (Å²) in [5.74, 6) is 0. The lowest BCUT2D eigenvalue weighted by atomic mass is 10.2. The largest absolute Gasteiger partial charge is 0.316 e. The molecule has 21 heavy (non-hydrogen) atoms. The first-order chi connectivity index (χ1) is 9.94. The highest BCUT2D eigenvalue weighted by atomic mass is 35.5. The summed E-state index contributed by atoms with van der Waals surface area (Å²) in [6, 6.07) is 6.75. The van der Waals surface area contributed by atoms with E-state index >= 15 is 0 Å². The van der Waals surface area contributed by atoms with Crippen LogP contribution in [-0.2, 0) is 23.1 Å². The molecule has 2 aromatic rings. The van der Waals surface area contributed by atoms with Crippen LogP contribution in [0.15, 0.2) is 34.5 Å². The van der Waals surface area contributed by atoms with E-state index in [2.05, 4.69) is 10.0 Å². The Balaban J connectivity index is 2.16. The normalized spacial score (nSPS) is 11.8. The minimum Gasteiger partial charge on any atom is -0.316 e. The molecule has 0 radical (unpaired) electrons. The zero-order valence-corrected chi connectivity index (χ0v) is 14.2. The van der Waals surface area contributed by atoms with Crippen molar-refractivity contribution < 1.29 is 8.42 Å². The van der Waals surface area contributed by atoms with E-state index in [9.17, 15) is 8.42 Å². The van der Waals surface area contributed by atoms with Crippen LogP contribution in [0.1, 0.15) is 16.0 Å². The molecule has 0 unspecified atom stereocenters. The number of thiophene rings is 1. The average molecular weight is 345 g/mol. The fourth-order valence-electron chi connectivity index (χ4n) is 1.86. The predicted molar refractivity (Wildman–Crippen MR) is 87.3 cm³/mol. The van der Waals surface area contributed by atoms with Gasteiger partial charge in [0.25, 0.3) is 0 Å². The zero-order chi connectivity index (χ0) is 15.5. The van der Waals surface area contributed by atoms with E-state index in [1.54, 1.807) is 12.1 Å². The van der Waals surface area contributed by atoms with Crippen molar-refractivity contribution in [3.05, 3.63) is 50.7 Å². The number of hydrogen-bond donors (Lipinski definition) is 2. The van der Waals surface area contributed by atoms with E-state index in [-0.39, 0.29) is 4.90 Å². The summed E-state index contributed by atoms with van der Waals surface area (Å²) in [6.07, 6.45) is 0. The van der Waals surface area contributed by atoms with Gasteiger partial charge in [0, 0.05) is 23.0 Å². The molecule has 4 nitrogen and oxygen atoms in total. The highest BCUT2D eigenvalue weighted by Crippen LogP contribution is 2.22. The Morgan fingerprint density at radius 2 is 2.00 bits per heavy atom. The number of halogens is 1. The van der Waals surface area contributed by atoms with Crippen LogP contribution in [0.3, 0.4) is 0 Å². The van der Waals surface area contributed by atoms with Gasteiger partial charge < -0.3 is 5.32 Å². The van der Waals surface area contributed by atoms with E-state index in [1.165, 1.54) is 17.4 Å². The van der Waals surface area contributed by atoms with Crippen molar-refractivity contribution in [2.75, 3.05) is 7.05 Å². The maximum Gasteiger partial charge on any atom is 0.240 e. The molecule has 1 aromatic heterocycles. The molecular weight excluding hydrogens is 328 g/mol. The lowest BCUT2D eigenvalue weighted by Gasteiger charge is -2.09. The van der Waals surface area contributed by atoms with Crippen LogP contribution in [-0.4, -0.2) is 15.5 Å². The number of benzene rings is 1. The van der Waals surface area contributed by atoms with Gasteiger partial charge in [-0.15, -0.1) is 11.3 Å². The maximum atomic E-state index is 12.3. The SMILES string of the molecule is CNCc1ccc(S(=O)(=O)NCc2sccc2C)cc1Cl. The number of hydrogen-bond acceptors (Lipinski definition) is 4. The Hall–Kier alpha value is -0.920. The summed E-state index contributed by atoms with van der Waals surface area (Å²) in [6.45, 7) is 2.85. The number of aryl methyl sites for hydroxylation is 1. The quantitative estimate of drug-likeness (QED) is 0.847. The molecule has 2 N–H and O–H groups in total. The maximum absolute atomic E-state index is 12.3. The summed E-state index contributed by atoms with van der Waals surface area (Å²) < 4.78 is 27.2. The second kappa shape index (κ2) is 6.89. The van der Waals surface area contributed by atoms with E-state index in [4.69, 9.17) is 11.6 Å². The summed E-state index contributed by atoms with van der Waals surface area (Å²) in [4.78, 5) is 1.19. The lowest BCUT2D eigenvalue weighted by molar-refractivity contribution is 0.581. The van der Waals surface area contributed by atoms with Crippen molar-refractivity contribution in [3.8, 4) is 0 Å². The molecule has 114 valence electrons. The molecule has 0 aliphatic carbocycles. The summed E-state index contributed by atoms with van der Waals surface area (Å²) in [5.41, 5.74) is 1.96. The van der Waals surface area contributed by atoms with Gasteiger partial charge in [-0.25, -0.2) is 13.1 Å². The van der Waals surface area contributed by atoms with Crippen LogP contribution in [0, 0.1) is 6.92 Å². The fraction of sp³-hybridized carbons (Fsp3) is 0.286. The molecule has 0 amide bonds. The predicted octanol–water partition coefficient (Wildman–Crippen LogP) is 2.91. The first-order valence-corrected chi connectivity index (χ1v) is 9.14. The van der Waals surface area contributed by atoms with Crippen molar-refractivity contribution >= 4 is 33.0 Å². The summed E-state index contributed by atoms with van der Waals surface area (Å²) in [7, 11) is -1.74. The van der Waals surface area contributed by atoms with Gasteiger partial charge in [0.1, 0.15) is 0 Å². The topological polar surface area (TPSA) is 58.2 Å². The van der Waals surface area contributed by atoms with Crippen LogP contribution < -0.4 is 10.0 Å². The van der Waals surface area contributed by atoms with Crippen LogP contribution in [0.2, 0.25) is 5.02 Å². The molecule has 0 aliphatic rings. The van der Waals surface area contributed by atoms with Gasteiger partial charge in [0.15, 0.2) is 0 Å². The molecule has 0 aliphatic heterocycles. The average Bonchev–Trinajstić information content (AvgIpc) is 2.84. The van der Waals surface area contributed by atoms with E-state index in [1.807, 2.05) is 25.4 Å². The van der Waals surface area contributed by atoms with Gasteiger partial charge in [-0.2, -0.15) is 0 Å². The number of sulfonamides is 1. The minimum atomic E-state index is -3.56. The lowest BCUT2D eigenvalue weighted by Crippen LogP contribution is -2.23. The second-order valence-electron chi connectivity index (χ2n) is 4.63. The Bertz CT molecular complexity index is 726. The number of rotatable bonds is 6. The van der Waals surface area contributed by atoms with Crippen LogP contribution >= 0.6 is 22.9 Å². The standard InChI is InChI=1S/C14H17ClN2O2S2/c1-10-5-6-20-14(10)9-17-21(18,19)12-4-3-11(8-16-2)13(15)7-12/h3-7,16-17H,8-9H2,1-2H3. The molecule has 0 saturated heterocycles. The highest BCUT2D eigenvalue weighted by Gasteiger charge is 2.16. The Kier molecular flexibility index (Phi) is 5.40. The van der Waals surface area contributed by atoms with Crippen molar-refractivity contribution in [1.82, 2.24) is 10.0 Å². The Morgan fingerprint density at radius 3 is 2.57 bits per heavy atom. The van der Waals surface area contributed by atoms with E-state index < -0.39 is 10.0 Å². The number of nitrogens with one attached hydrogen (secondary N) is 2. The van der Waals surface area contributed by atoms with Crippen molar-refractivity contribution in [2.45, 2.75) is 24.9 Å². The Labute approximate surface area is 134 Å². The van der Waals surface area contributed by atoms with Crippen LogP contribution in [0.5, 0.6) is 0 Å². The first kappa shape index (κ1) is 16.5. The fourth-order valence-corrected chi connectivity index (χ4v) is 4.13. The van der Waals surface area contributed by atoms with Crippen molar-refractivity contribution in [2.24, 2.45) is 0 Å². The third kappa shape index (κ3) is 4.05. The van der Waals surface area contributed by atoms with Crippen LogP contribution in [0.4, 0.5) is 0 Å². The molecule has 0 bridgehead atoms. The molecule has 0 spiro atoms. The van der Waals surface area contributed by atoms with Gasteiger partial charge in [0.2, 0.25) is 10.0 Å². The van der Waals surface area contributed by atoms with Gasteiger partial charge >= 0.3 is 0 Å². The summed E-state index contributed by atoms with van der Waals surface area (Å²) in [5, 5.41) is 5.38. The monoisotopic (exact) mass is 344 g/mol. The third-order valence-corrected chi connectivity index (χ3v) is 5.87. The highest BCUT2D eigenvalue weighted by molar-refractivity contribution is 7.89. The second-order valence-corrected chi connectivity index (χ2v) is 7.81. The van der Waals surface area contributed by atoms with E-state index in [0.717, 1.165) is 16.0 Å². The van der Waals surface area contributed by atoms with Gasteiger partial charge in [-0.1, -0.05) is 17.7 Å². The first-order valence-electron chi connectivity index (χ1n) is 6.39. The molecule has 2 rings (SSSR count). The van der Waals surface area contributed by atoms with Gasteiger partial charge in [-0.3, -0.25) is 0 Å². The summed E-state index contributed by atoms with van der Waals surface area (Å²) >= 11 is 7.65. The molecule has 1 heterocycles. The van der Waals surface area contributed by atoms with Gasteiger partial charge in [0.05, 0.1) is 4.90 Å². The molecule has 7 heteroatoms. The van der Waals surface area contributed by atoms with E-state index in [0.29, 0.717) is 18.1 Å². The third-order valence-electron chi connectivity index (χ3n) is 3.09. The smallest absolute Gasteiger partial charge is 0.240 e. The van der Waals surface area contributed by atoms with Crippen molar-refractivity contribution in [1.29, 1.82) is 0 Å². The van der Waals surface area contributed by atoms with Crippen LogP contribution in [0.25, 0.3) is 0 Å². The van der Waals surface area contributed by atoms with Crippen molar-refractivity contribution in [3.63, 3.8) is 0 Å². The molecular formula is C14H17ClN2O2S2.